The molecule has 2 N–H and O–H groups in total. The summed E-state index contributed by atoms with van der Waals surface area (Å²) in [5, 5.41) is 4.18. The van der Waals surface area contributed by atoms with Crippen LogP contribution in [-0.4, -0.2) is 10.9 Å². The number of anilines is 1. The fourth-order valence-electron chi connectivity index (χ4n) is 3.54. The Morgan fingerprint density at radius 1 is 1.08 bits per heavy atom. The molecule has 1 aliphatic carbocycles. The Balaban J connectivity index is 1.80. The lowest BCUT2D eigenvalue weighted by Crippen LogP contribution is -2.15. The van der Waals surface area contributed by atoms with Gasteiger partial charge in [-0.3, -0.25) is 4.79 Å². The highest BCUT2D eigenvalue weighted by Gasteiger charge is 2.30. The van der Waals surface area contributed by atoms with Crippen molar-refractivity contribution in [1.82, 2.24) is 5.16 Å². The number of benzene rings is 2. The molecule has 0 radical (unpaired) electrons. The van der Waals surface area contributed by atoms with E-state index in [2.05, 4.69) is 5.16 Å². The van der Waals surface area contributed by atoms with E-state index in [-0.39, 0.29) is 11.7 Å². The number of fused-ring (bicyclic) bond motifs is 1. The monoisotopic (exact) mass is 318 g/mol. The van der Waals surface area contributed by atoms with Gasteiger partial charge in [0.25, 0.3) is 0 Å². The van der Waals surface area contributed by atoms with Gasteiger partial charge < -0.3 is 10.3 Å². The first-order valence-electron chi connectivity index (χ1n) is 8.18. The fourth-order valence-corrected chi connectivity index (χ4v) is 3.54. The fraction of sp³-hybridized carbons (Fsp3) is 0.200. The lowest BCUT2D eigenvalue weighted by Gasteiger charge is -2.23. The van der Waals surface area contributed by atoms with E-state index in [0.29, 0.717) is 11.4 Å². The van der Waals surface area contributed by atoms with Crippen LogP contribution < -0.4 is 5.73 Å². The van der Waals surface area contributed by atoms with Crippen LogP contribution in [0.25, 0.3) is 0 Å². The molecule has 0 fully saturated rings. The topological polar surface area (TPSA) is 69.1 Å². The molecule has 1 unspecified atom stereocenters. The zero-order chi connectivity index (χ0) is 16.5. The average Bonchev–Trinajstić information content (AvgIpc) is 3.03. The first-order valence-corrected chi connectivity index (χ1v) is 8.18. The van der Waals surface area contributed by atoms with Gasteiger partial charge >= 0.3 is 0 Å². The van der Waals surface area contributed by atoms with E-state index >= 15 is 0 Å². The van der Waals surface area contributed by atoms with E-state index in [1.807, 2.05) is 54.6 Å². The maximum atomic E-state index is 13.0. The predicted molar refractivity (Wildman–Crippen MR) is 92.0 cm³/mol. The summed E-state index contributed by atoms with van der Waals surface area (Å²) >= 11 is 0. The SMILES string of the molecule is Nc1onc2c1CCCC2c1ccccc1C(=O)c1ccccc1. The van der Waals surface area contributed by atoms with E-state index < -0.39 is 0 Å². The Labute approximate surface area is 140 Å². The molecule has 4 rings (SSSR count). The van der Waals surface area contributed by atoms with Crippen molar-refractivity contribution in [3.63, 3.8) is 0 Å². The summed E-state index contributed by atoms with van der Waals surface area (Å²) in [6.07, 6.45) is 2.84. The third-order valence-electron chi connectivity index (χ3n) is 4.72. The number of ketones is 1. The molecule has 24 heavy (non-hydrogen) atoms. The van der Waals surface area contributed by atoms with E-state index in [1.54, 1.807) is 0 Å². The van der Waals surface area contributed by atoms with Crippen LogP contribution in [0.2, 0.25) is 0 Å². The molecule has 120 valence electrons. The number of nitrogens with two attached hydrogens (primary N) is 1. The van der Waals surface area contributed by atoms with Gasteiger partial charge in [-0.15, -0.1) is 0 Å². The van der Waals surface area contributed by atoms with Crippen LogP contribution >= 0.6 is 0 Å². The summed E-state index contributed by atoms with van der Waals surface area (Å²) in [5.41, 5.74) is 10.2. The molecule has 1 aromatic heterocycles. The molecule has 0 spiro atoms. The minimum absolute atomic E-state index is 0.0368. The molecular formula is C20H18N2O2. The minimum Gasteiger partial charge on any atom is -0.367 e. The highest BCUT2D eigenvalue weighted by atomic mass is 16.5. The number of aromatic nitrogens is 1. The van der Waals surface area contributed by atoms with Crippen LogP contribution in [0.15, 0.2) is 59.1 Å². The zero-order valence-electron chi connectivity index (χ0n) is 13.2. The molecule has 1 atom stereocenters. The molecule has 3 aromatic rings. The highest BCUT2D eigenvalue weighted by Crippen LogP contribution is 2.39. The van der Waals surface area contributed by atoms with Crippen molar-refractivity contribution in [3.8, 4) is 0 Å². The molecule has 0 saturated carbocycles. The molecular weight excluding hydrogens is 300 g/mol. The third-order valence-corrected chi connectivity index (χ3v) is 4.72. The zero-order valence-corrected chi connectivity index (χ0v) is 13.2. The van der Waals surface area contributed by atoms with Crippen LogP contribution in [0.1, 0.15) is 51.5 Å². The molecule has 1 heterocycles. The highest BCUT2D eigenvalue weighted by molar-refractivity contribution is 6.10. The Bertz CT molecular complexity index is 884. The molecule has 0 amide bonds. The number of carbonyl (C=O) groups is 1. The Morgan fingerprint density at radius 3 is 2.67 bits per heavy atom. The molecule has 0 bridgehead atoms. The summed E-state index contributed by atoms with van der Waals surface area (Å²) in [4.78, 5) is 13.0. The lowest BCUT2D eigenvalue weighted by atomic mass is 9.80. The molecule has 0 saturated heterocycles. The van der Waals surface area contributed by atoms with Crippen molar-refractivity contribution in [3.05, 3.63) is 82.5 Å². The largest absolute Gasteiger partial charge is 0.367 e. The number of hydrogen-bond donors (Lipinski definition) is 1. The predicted octanol–water partition coefficient (Wildman–Crippen LogP) is 3.96. The van der Waals surface area contributed by atoms with E-state index in [0.717, 1.165) is 41.6 Å². The van der Waals surface area contributed by atoms with Crippen molar-refractivity contribution in [2.24, 2.45) is 0 Å². The Morgan fingerprint density at radius 2 is 1.83 bits per heavy atom. The standard InChI is InChI=1S/C20H18N2O2/c21-20-17-12-6-11-15(18(17)22-24-20)14-9-4-5-10-16(14)19(23)13-7-2-1-3-8-13/h1-5,7-10,15H,6,11-12,21H2. The van der Waals surface area contributed by atoms with Gasteiger partial charge in [0.15, 0.2) is 5.78 Å². The van der Waals surface area contributed by atoms with Gasteiger partial charge in [0, 0.05) is 22.6 Å². The van der Waals surface area contributed by atoms with Crippen molar-refractivity contribution in [2.75, 3.05) is 5.73 Å². The molecule has 1 aliphatic rings. The van der Waals surface area contributed by atoms with Crippen LogP contribution in [-0.2, 0) is 6.42 Å². The number of rotatable bonds is 3. The number of nitrogens with zero attached hydrogens (tertiary/aromatic N) is 1. The van der Waals surface area contributed by atoms with Crippen molar-refractivity contribution >= 4 is 11.7 Å². The molecule has 2 aromatic carbocycles. The maximum Gasteiger partial charge on any atom is 0.225 e. The molecule has 4 heteroatoms. The number of hydrogen-bond acceptors (Lipinski definition) is 4. The van der Waals surface area contributed by atoms with E-state index in [4.69, 9.17) is 10.3 Å². The second-order valence-electron chi connectivity index (χ2n) is 6.14. The summed E-state index contributed by atoms with van der Waals surface area (Å²) in [5.74, 6) is 0.495. The van der Waals surface area contributed by atoms with Crippen LogP contribution in [0.4, 0.5) is 5.88 Å². The average molecular weight is 318 g/mol. The Kier molecular flexibility index (Phi) is 3.65. The third kappa shape index (κ3) is 2.40. The first kappa shape index (κ1) is 14.7. The lowest BCUT2D eigenvalue weighted by molar-refractivity contribution is 0.103. The molecule has 0 aliphatic heterocycles. The van der Waals surface area contributed by atoms with Gasteiger partial charge in [-0.05, 0) is 24.8 Å². The van der Waals surface area contributed by atoms with Gasteiger partial charge in [0.2, 0.25) is 5.88 Å². The van der Waals surface area contributed by atoms with Crippen molar-refractivity contribution < 1.29 is 9.32 Å². The number of carbonyl (C=O) groups excluding carboxylic acids is 1. The summed E-state index contributed by atoms with van der Waals surface area (Å²) in [6, 6.07) is 17.1. The van der Waals surface area contributed by atoms with Crippen molar-refractivity contribution in [2.45, 2.75) is 25.2 Å². The normalized spacial score (nSPS) is 16.6. The Hall–Kier alpha value is -2.88. The van der Waals surface area contributed by atoms with Crippen LogP contribution in [0.3, 0.4) is 0 Å². The second kappa shape index (κ2) is 5.96. The quantitative estimate of drug-likeness (QED) is 0.742. The van der Waals surface area contributed by atoms with Crippen LogP contribution in [0, 0.1) is 0 Å². The van der Waals surface area contributed by atoms with Gasteiger partial charge in [-0.1, -0.05) is 59.8 Å². The maximum absolute atomic E-state index is 13.0. The van der Waals surface area contributed by atoms with E-state index in [1.165, 1.54) is 0 Å². The van der Waals surface area contributed by atoms with Gasteiger partial charge in [-0.2, -0.15) is 0 Å². The van der Waals surface area contributed by atoms with Gasteiger partial charge in [0.05, 0.1) is 5.69 Å². The van der Waals surface area contributed by atoms with Crippen molar-refractivity contribution in [1.29, 1.82) is 0 Å². The summed E-state index contributed by atoms with van der Waals surface area (Å²) in [6.45, 7) is 0. The summed E-state index contributed by atoms with van der Waals surface area (Å²) < 4.78 is 5.20. The van der Waals surface area contributed by atoms with Gasteiger partial charge in [-0.25, -0.2) is 0 Å². The van der Waals surface area contributed by atoms with Gasteiger partial charge in [0.1, 0.15) is 0 Å². The van der Waals surface area contributed by atoms with E-state index in [9.17, 15) is 4.79 Å². The smallest absolute Gasteiger partial charge is 0.225 e. The van der Waals surface area contributed by atoms with Crippen LogP contribution in [0.5, 0.6) is 0 Å². The molecule has 4 nitrogen and oxygen atoms in total. The first-order chi connectivity index (χ1) is 11.8. The minimum atomic E-state index is 0.0368. The summed E-state index contributed by atoms with van der Waals surface area (Å²) in [7, 11) is 0. The second-order valence-corrected chi connectivity index (χ2v) is 6.14. The number of nitrogen functional groups attached to an aromatic ring is 1.